The second-order valence-corrected chi connectivity index (χ2v) is 6.60. The van der Waals surface area contributed by atoms with Crippen molar-refractivity contribution >= 4 is 5.97 Å². The lowest BCUT2D eigenvalue weighted by Crippen LogP contribution is -2.16. The third-order valence-corrected chi connectivity index (χ3v) is 4.55. The van der Waals surface area contributed by atoms with Crippen molar-refractivity contribution < 1.29 is 14.3 Å². The van der Waals surface area contributed by atoms with Crippen LogP contribution in [-0.2, 0) is 22.5 Å². The van der Waals surface area contributed by atoms with Crippen molar-refractivity contribution in [3.8, 4) is 16.9 Å². The van der Waals surface area contributed by atoms with Crippen LogP contribution in [0.2, 0.25) is 0 Å². The van der Waals surface area contributed by atoms with E-state index < -0.39 is 0 Å². The predicted molar refractivity (Wildman–Crippen MR) is 98.7 cm³/mol. The van der Waals surface area contributed by atoms with Gasteiger partial charge in [-0.05, 0) is 48.6 Å². The number of rotatable bonds is 7. The lowest BCUT2D eigenvalue weighted by molar-refractivity contribution is -0.139. The van der Waals surface area contributed by atoms with E-state index in [1.807, 2.05) is 18.2 Å². The highest BCUT2D eigenvalue weighted by Gasteiger charge is 2.21. The molecule has 0 aromatic heterocycles. The zero-order chi connectivity index (χ0) is 17.8. The zero-order valence-electron chi connectivity index (χ0n) is 15.1. The first-order chi connectivity index (χ1) is 12.1. The topological polar surface area (TPSA) is 47.6 Å². The van der Waals surface area contributed by atoms with Crippen molar-refractivity contribution in [2.24, 2.45) is 0 Å². The summed E-state index contributed by atoms with van der Waals surface area (Å²) in [6, 6.07) is 13.0. The molecular formula is C21H25NO3. The van der Waals surface area contributed by atoms with Crippen molar-refractivity contribution in [3.63, 3.8) is 0 Å². The van der Waals surface area contributed by atoms with Gasteiger partial charge in [-0.15, -0.1) is 0 Å². The van der Waals surface area contributed by atoms with E-state index in [0.717, 1.165) is 29.0 Å². The first kappa shape index (κ1) is 17.5. The van der Waals surface area contributed by atoms with Gasteiger partial charge >= 0.3 is 5.97 Å². The van der Waals surface area contributed by atoms with Crippen molar-refractivity contribution in [2.45, 2.75) is 38.8 Å². The molecule has 1 fully saturated rings. The maximum Gasteiger partial charge on any atom is 0.309 e. The minimum absolute atomic E-state index is 0.240. The van der Waals surface area contributed by atoms with Crippen molar-refractivity contribution in [3.05, 3.63) is 53.1 Å². The van der Waals surface area contributed by atoms with Gasteiger partial charge < -0.3 is 14.8 Å². The zero-order valence-corrected chi connectivity index (χ0v) is 15.1. The molecule has 0 radical (unpaired) electrons. The molecular weight excluding hydrogens is 314 g/mol. The number of nitrogens with one attached hydrogen (secondary N) is 1. The summed E-state index contributed by atoms with van der Waals surface area (Å²) in [6.45, 7) is 2.95. The fraction of sp³-hybridized carbons (Fsp3) is 0.381. The smallest absolute Gasteiger partial charge is 0.309 e. The standard InChI is InChI=1S/C21H25NO3/c1-14-4-8-18(16(10-14)13-22-17-6-7-17)19-11-15(12-21(23)25-3)5-9-20(19)24-2/h4-5,8-11,17,22H,6-7,12-13H2,1-3H3. The maximum atomic E-state index is 11.6. The van der Waals surface area contributed by atoms with Crippen LogP contribution in [0.3, 0.4) is 0 Å². The molecule has 25 heavy (non-hydrogen) atoms. The molecule has 3 rings (SSSR count). The lowest BCUT2D eigenvalue weighted by atomic mass is 9.95. The second kappa shape index (κ2) is 7.70. The van der Waals surface area contributed by atoms with Crippen LogP contribution in [0.5, 0.6) is 5.75 Å². The summed E-state index contributed by atoms with van der Waals surface area (Å²) in [5.41, 5.74) is 5.56. The number of esters is 1. The molecule has 4 nitrogen and oxygen atoms in total. The van der Waals surface area contributed by atoms with E-state index in [1.54, 1.807) is 7.11 Å². The average Bonchev–Trinajstić information content (AvgIpc) is 3.44. The Morgan fingerprint density at radius 1 is 1.12 bits per heavy atom. The molecule has 0 spiro atoms. The largest absolute Gasteiger partial charge is 0.496 e. The summed E-state index contributed by atoms with van der Waals surface area (Å²) >= 11 is 0. The molecule has 0 amide bonds. The Morgan fingerprint density at radius 2 is 1.92 bits per heavy atom. The van der Waals surface area contributed by atoms with Gasteiger partial charge in [0, 0.05) is 18.2 Å². The fourth-order valence-corrected chi connectivity index (χ4v) is 2.99. The van der Waals surface area contributed by atoms with Gasteiger partial charge in [-0.2, -0.15) is 0 Å². The van der Waals surface area contributed by atoms with Gasteiger partial charge in [-0.25, -0.2) is 0 Å². The predicted octanol–water partition coefficient (Wildman–Crippen LogP) is 3.64. The van der Waals surface area contributed by atoms with E-state index in [2.05, 4.69) is 30.4 Å². The SMILES string of the molecule is COC(=O)Cc1ccc(OC)c(-c2ccc(C)cc2CNC2CC2)c1. The normalized spacial score (nSPS) is 13.6. The maximum absolute atomic E-state index is 11.6. The molecule has 4 heteroatoms. The number of carbonyl (C=O) groups is 1. The highest BCUT2D eigenvalue weighted by Crippen LogP contribution is 2.34. The van der Waals surface area contributed by atoms with Crippen LogP contribution in [0.4, 0.5) is 0 Å². The second-order valence-electron chi connectivity index (χ2n) is 6.60. The van der Waals surface area contributed by atoms with E-state index in [1.165, 1.54) is 31.1 Å². The Balaban J connectivity index is 1.98. The van der Waals surface area contributed by atoms with Crippen LogP contribution in [0.25, 0.3) is 11.1 Å². The van der Waals surface area contributed by atoms with Gasteiger partial charge in [-0.3, -0.25) is 4.79 Å². The number of carbonyl (C=O) groups excluding carboxylic acids is 1. The summed E-state index contributed by atoms with van der Waals surface area (Å²) in [7, 11) is 3.09. The monoisotopic (exact) mass is 339 g/mol. The number of aryl methyl sites for hydroxylation is 1. The minimum atomic E-state index is -0.240. The molecule has 0 heterocycles. The molecule has 2 aromatic rings. The number of hydrogen-bond donors (Lipinski definition) is 1. The number of benzene rings is 2. The van der Waals surface area contributed by atoms with E-state index >= 15 is 0 Å². The third-order valence-electron chi connectivity index (χ3n) is 4.55. The highest BCUT2D eigenvalue weighted by molar-refractivity contribution is 5.77. The average molecular weight is 339 g/mol. The fourth-order valence-electron chi connectivity index (χ4n) is 2.99. The minimum Gasteiger partial charge on any atom is -0.496 e. The molecule has 0 saturated heterocycles. The number of methoxy groups -OCH3 is 2. The van der Waals surface area contributed by atoms with Gasteiger partial charge in [-0.1, -0.05) is 29.8 Å². The summed E-state index contributed by atoms with van der Waals surface area (Å²) < 4.78 is 10.4. The molecule has 1 N–H and O–H groups in total. The van der Waals surface area contributed by atoms with Gasteiger partial charge in [0.1, 0.15) is 5.75 Å². The summed E-state index contributed by atoms with van der Waals surface area (Å²) in [4.78, 5) is 11.6. The van der Waals surface area contributed by atoms with Crippen LogP contribution in [-0.4, -0.2) is 26.2 Å². The van der Waals surface area contributed by atoms with Crippen molar-refractivity contribution in [2.75, 3.05) is 14.2 Å². The van der Waals surface area contributed by atoms with E-state index in [-0.39, 0.29) is 12.4 Å². The molecule has 0 unspecified atom stereocenters. The number of ether oxygens (including phenoxy) is 2. The van der Waals surface area contributed by atoms with Gasteiger partial charge in [0.25, 0.3) is 0 Å². The van der Waals surface area contributed by atoms with Gasteiger partial charge in [0.2, 0.25) is 0 Å². The van der Waals surface area contributed by atoms with E-state index in [9.17, 15) is 4.79 Å². The van der Waals surface area contributed by atoms with Crippen LogP contribution in [0.15, 0.2) is 36.4 Å². The van der Waals surface area contributed by atoms with Gasteiger partial charge in [0.05, 0.1) is 20.6 Å². The van der Waals surface area contributed by atoms with Crippen LogP contribution < -0.4 is 10.1 Å². The quantitative estimate of drug-likeness (QED) is 0.783. The van der Waals surface area contributed by atoms with Crippen LogP contribution in [0.1, 0.15) is 29.5 Å². The molecule has 0 aliphatic heterocycles. The summed E-state index contributed by atoms with van der Waals surface area (Å²) in [6.07, 6.45) is 2.78. The van der Waals surface area contributed by atoms with Crippen molar-refractivity contribution in [1.29, 1.82) is 0 Å². The van der Waals surface area contributed by atoms with Crippen LogP contribution in [0, 0.1) is 6.92 Å². The molecule has 0 bridgehead atoms. The Morgan fingerprint density at radius 3 is 2.60 bits per heavy atom. The first-order valence-electron chi connectivity index (χ1n) is 8.67. The Bertz CT molecular complexity index is 766. The van der Waals surface area contributed by atoms with Crippen LogP contribution >= 0.6 is 0 Å². The molecule has 1 aliphatic rings. The van der Waals surface area contributed by atoms with Gasteiger partial charge in [0.15, 0.2) is 0 Å². The lowest BCUT2D eigenvalue weighted by Gasteiger charge is -2.16. The highest BCUT2D eigenvalue weighted by atomic mass is 16.5. The molecule has 132 valence electrons. The van der Waals surface area contributed by atoms with E-state index in [4.69, 9.17) is 9.47 Å². The molecule has 1 aliphatic carbocycles. The van der Waals surface area contributed by atoms with Crippen molar-refractivity contribution in [1.82, 2.24) is 5.32 Å². The summed E-state index contributed by atoms with van der Waals surface area (Å²) in [5.74, 6) is 0.570. The Labute approximate surface area is 149 Å². The Hall–Kier alpha value is -2.33. The third kappa shape index (κ3) is 4.40. The molecule has 0 atom stereocenters. The molecule has 2 aromatic carbocycles. The summed E-state index contributed by atoms with van der Waals surface area (Å²) in [5, 5.41) is 3.59. The molecule has 1 saturated carbocycles. The van der Waals surface area contributed by atoms with E-state index in [0.29, 0.717) is 6.04 Å². The Kier molecular flexibility index (Phi) is 5.39. The number of hydrogen-bond acceptors (Lipinski definition) is 4. The first-order valence-corrected chi connectivity index (χ1v) is 8.67.